The van der Waals surface area contributed by atoms with Crippen LogP contribution in [0.5, 0.6) is 23.5 Å². The summed E-state index contributed by atoms with van der Waals surface area (Å²) in [7, 11) is 0. The summed E-state index contributed by atoms with van der Waals surface area (Å²) >= 11 is 15.2. The van der Waals surface area contributed by atoms with Gasteiger partial charge in [-0.3, -0.25) is 0 Å². The van der Waals surface area contributed by atoms with Crippen LogP contribution in [-0.4, -0.2) is 81.7 Å². The second-order valence-electron chi connectivity index (χ2n) is 17.5. The molecule has 4 unspecified atom stereocenters. The average Bonchev–Trinajstić information content (AvgIpc) is 3.93. The fourth-order valence-electron chi connectivity index (χ4n) is 9.64. The minimum Gasteiger partial charge on any atom is -0.424 e. The Labute approximate surface area is 399 Å². The van der Waals surface area contributed by atoms with Gasteiger partial charge in [0.15, 0.2) is 5.82 Å². The van der Waals surface area contributed by atoms with Crippen LogP contribution < -0.4 is 25.0 Å². The molecule has 2 aliphatic carbocycles. The number of hydrogen-bond donors (Lipinski definition) is 1. The Kier molecular flexibility index (Phi) is 15.5. The number of fused-ring (bicyclic) bond motifs is 4. The number of rotatable bonds is 12. The number of nitrogens with two attached hydrogens (primary N) is 1. The van der Waals surface area contributed by atoms with Crippen molar-refractivity contribution in [2.45, 2.75) is 91.8 Å². The zero-order valence-electron chi connectivity index (χ0n) is 37.5. The van der Waals surface area contributed by atoms with Gasteiger partial charge in [0.25, 0.3) is 0 Å². The van der Waals surface area contributed by atoms with Crippen molar-refractivity contribution in [3.63, 3.8) is 0 Å². The second-order valence-corrected chi connectivity index (χ2v) is 19.1. The fraction of sp³-hybridized carbons (Fsp3) is 0.489. The minimum absolute atomic E-state index is 0.416. The van der Waals surface area contributed by atoms with E-state index in [9.17, 15) is 0 Å². The van der Waals surface area contributed by atoms with Crippen molar-refractivity contribution in [2.75, 3.05) is 36.0 Å². The molecule has 10 rings (SSSR count). The molecule has 4 aromatic heterocycles. The Morgan fingerprint density at radius 1 is 0.646 bits per heavy atom. The summed E-state index contributed by atoms with van der Waals surface area (Å²) < 4.78 is 15.8. The summed E-state index contributed by atoms with van der Waals surface area (Å²) in [6, 6.07) is 20.2. The molecular weight excluding hydrogens is 929 g/mol. The number of nitrogens with zero attached hydrogens (tertiary/aromatic N) is 12. The van der Waals surface area contributed by atoms with Crippen molar-refractivity contribution >= 4 is 50.8 Å². The number of ether oxygens (including phenoxy) is 2. The fourth-order valence-corrected chi connectivity index (χ4v) is 10.3. The van der Waals surface area contributed by atoms with Crippen molar-refractivity contribution in [2.24, 2.45) is 35.3 Å². The maximum absolute atomic E-state index is 6.20. The molecule has 4 aliphatic rings. The van der Waals surface area contributed by atoms with E-state index in [0.717, 1.165) is 87.4 Å². The normalized spacial score (nSPS) is 21.9. The Bertz CT molecular complexity index is 2480. The number of benzene rings is 2. The third-order valence-corrected chi connectivity index (χ3v) is 13.6. The molecule has 0 spiro atoms. The summed E-state index contributed by atoms with van der Waals surface area (Å²) in [6.07, 6.45) is 11.2. The average molecular weight is 988 g/mol. The largest absolute Gasteiger partial charge is 0.424 e. The van der Waals surface area contributed by atoms with Crippen LogP contribution in [0.2, 0.25) is 10.0 Å². The van der Waals surface area contributed by atoms with Gasteiger partial charge in [-0.15, -0.1) is 5.10 Å². The van der Waals surface area contributed by atoms with Gasteiger partial charge in [0, 0.05) is 85.3 Å². The van der Waals surface area contributed by atoms with Crippen LogP contribution in [0.15, 0.2) is 78.1 Å². The van der Waals surface area contributed by atoms with E-state index >= 15 is 0 Å². The number of hydrogen-bond acceptors (Lipinski definition) is 13. The minimum atomic E-state index is 0.416. The van der Waals surface area contributed by atoms with Crippen molar-refractivity contribution in [3.05, 3.63) is 105 Å². The molecule has 2 aromatic carbocycles. The zero-order chi connectivity index (χ0) is 45.5. The topological polar surface area (TPSA) is 164 Å². The zero-order valence-corrected chi connectivity index (χ0v) is 40.6. The van der Waals surface area contributed by atoms with Crippen LogP contribution >= 0.6 is 39.1 Å². The van der Waals surface area contributed by atoms with Crippen LogP contribution in [0.1, 0.15) is 69.6 Å². The van der Waals surface area contributed by atoms with Crippen LogP contribution in [-0.2, 0) is 19.5 Å². The Morgan fingerprint density at radius 2 is 1.12 bits per heavy atom. The summed E-state index contributed by atoms with van der Waals surface area (Å²) in [4.78, 5) is 31.0. The maximum atomic E-state index is 6.20. The Hall–Kier alpha value is -4.90. The molecule has 344 valence electrons. The molecule has 6 aromatic rings. The van der Waals surface area contributed by atoms with Gasteiger partial charge in [-0.1, -0.05) is 49.2 Å². The monoisotopic (exact) mass is 985 g/mol. The van der Waals surface area contributed by atoms with Crippen LogP contribution in [0.25, 0.3) is 0 Å². The van der Waals surface area contributed by atoms with E-state index in [-0.39, 0.29) is 0 Å². The van der Waals surface area contributed by atoms with Gasteiger partial charge < -0.3 is 25.0 Å². The smallest absolute Gasteiger partial charge is 0.321 e. The molecule has 2 N–H and O–H groups in total. The van der Waals surface area contributed by atoms with E-state index in [1.807, 2.05) is 48.9 Å². The lowest BCUT2D eigenvalue weighted by molar-refractivity contribution is 0.264. The van der Waals surface area contributed by atoms with Crippen molar-refractivity contribution in [1.82, 2.24) is 49.5 Å². The molecular formula is C47H58BrCl2N13O2. The number of piperidine rings is 2. The molecule has 0 amide bonds. The van der Waals surface area contributed by atoms with Gasteiger partial charge in [-0.2, -0.15) is 15.1 Å². The quantitative estimate of drug-likeness (QED) is 0.123. The predicted molar refractivity (Wildman–Crippen MR) is 257 cm³/mol. The highest BCUT2D eigenvalue weighted by Gasteiger charge is 2.43. The van der Waals surface area contributed by atoms with Gasteiger partial charge in [-0.25, -0.2) is 29.3 Å². The summed E-state index contributed by atoms with van der Waals surface area (Å²) in [5.41, 5.74) is 8.25. The van der Waals surface area contributed by atoms with Crippen molar-refractivity contribution in [3.8, 4) is 23.5 Å². The lowest BCUT2D eigenvalue weighted by atomic mass is 9.82. The molecule has 15 nitrogen and oxygen atoms in total. The van der Waals surface area contributed by atoms with E-state index in [1.165, 1.54) is 25.7 Å². The lowest BCUT2D eigenvalue weighted by Crippen LogP contribution is -2.49. The molecule has 4 atom stereocenters. The number of aromatic nitrogens is 10. The third-order valence-electron chi connectivity index (χ3n) is 12.8. The van der Waals surface area contributed by atoms with Gasteiger partial charge >= 0.3 is 12.0 Å². The Morgan fingerprint density at radius 3 is 1.62 bits per heavy atom. The molecule has 0 radical (unpaired) electrons. The summed E-state index contributed by atoms with van der Waals surface area (Å²) in [5.74, 6) is 7.53. The highest BCUT2D eigenvalue weighted by atomic mass is 79.9. The molecule has 18 heteroatoms. The maximum Gasteiger partial charge on any atom is 0.321 e. The van der Waals surface area contributed by atoms with Crippen molar-refractivity contribution in [1.29, 1.82) is 0 Å². The first-order valence-corrected chi connectivity index (χ1v) is 24.3. The number of aryl methyl sites for hydroxylation is 4. The van der Waals surface area contributed by atoms with Crippen LogP contribution in [0.4, 0.5) is 11.6 Å². The first-order chi connectivity index (χ1) is 31.5. The first kappa shape index (κ1) is 46.6. The molecule has 6 heterocycles. The van der Waals surface area contributed by atoms with E-state index in [0.29, 0.717) is 73.9 Å². The second kappa shape index (κ2) is 21.6. The van der Waals surface area contributed by atoms with Crippen LogP contribution in [0, 0.1) is 43.4 Å². The van der Waals surface area contributed by atoms with E-state index in [2.05, 4.69) is 81.7 Å². The lowest BCUT2D eigenvalue weighted by Gasteiger charge is -2.38. The Balaban J connectivity index is 0.000000147. The van der Waals surface area contributed by atoms with E-state index in [4.69, 9.17) is 48.5 Å². The highest BCUT2D eigenvalue weighted by Crippen LogP contribution is 2.44. The van der Waals surface area contributed by atoms with E-state index < -0.39 is 0 Å². The highest BCUT2D eigenvalue weighted by molar-refractivity contribution is 9.10. The third kappa shape index (κ3) is 11.9. The molecule has 2 saturated carbocycles. The number of anilines is 2. The summed E-state index contributed by atoms with van der Waals surface area (Å²) in [5, 5.41) is 10.3. The molecule has 2 saturated heterocycles. The van der Waals surface area contributed by atoms with Gasteiger partial charge in [0.2, 0.25) is 4.73 Å². The summed E-state index contributed by atoms with van der Waals surface area (Å²) in [6.45, 7) is 14.0. The van der Waals surface area contributed by atoms with Crippen molar-refractivity contribution < 1.29 is 9.47 Å². The van der Waals surface area contributed by atoms with Gasteiger partial charge in [0.05, 0.1) is 0 Å². The predicted octanol–water partition coefficient (Wildman–Crippen LogP) is 9.79. The molecule has 65 heavy (non-hydrogen) atoms. The van der Waals surface area contributed by atoms with Gasteiger partial charge in [-0.05, 0) is 134 Å². The number of halogens is 3. The van der Waals surface area contributed by atoms with Crippen LogP contribution in [0.3, 0.4) is 0 Å². The van der Waals surface area contributed by atoms with E-state index in [1.54, 1.807) is 35.5 Å². The molecule has 4 bridgehead atoms. The molecule has 2 aliphatic heterocycles. The van der Waals surface area contributed by atoms with Gasteiger partial charge in [0.1, 0.15) is 35.8 Å². The SMILES string of the molecule is CCCn1nc(Br)nc1Oc1cccc(Cl)c1.CCCn1nc(CC2C3CCC2CN(c2cc(C)ncn2)C3)nc1Oc1cccc(Cl)c1.Cc1cc(N2CC3CCC(C2)C3N)ncn1. The standard InChI is InChI=1S/C24H29ClN6O.C12H18N4.C11H11BrClN3O/c1-3-9-31-24(32-20-6-4-5-19(25)11-20)28-22(29-31)12-21-17-7-8-18(21)14-30(13-17)23-10-16(2)26-15-27-23;1-8-4-11(15-7-14-8)16-5-9-2-3-10(6-16)12(9)13;1-2-6-16-11(14-10(12)15-16)17-9-5-3-4-8(13)7-9/h4-6,10-11,15,17-18,21H,3,7-9,12-14H2,1-2H3;4,7,9-10,12H,2-3,5-6,13H2,1H3;3-5,7H,2,6H2,1H3. The molecule has 4 fully saturated rings. The first-order valence-electron chi connectivity index (χ1n) is 22.8.